The number of fused-ring (bicyclic) bond motifs is 2. The van der Waals surface area contributed by atoms with E-state index < -0.39 is 27.1 Å². The lowest BCUT2D eigenvalue weighted by Crippen LogP contribution is -2.57. The average Bonchev–Trinajstić information content (AvgIpc) is 2.54. The first-order valence-corrected chi connectivity index (χ1v) is 7.44. The number of carboxylic acids is 1. The highest BCUT2D eigenvalue weighted by Gasteiger charge is 2.59. The Bertz CT molecular complexity index is 428. The lowest BCUT2D eigenvalue weighted by atomic mass is 9.90. The molecule has 90 valence electrons. The van der Waals surface area contributed by atoms with Gasteiger partial charge in [0.15, 0.2) is 9.84 Å². The standard InChI is InChI=1S/C10H15NO4S/c12-10(13)9-8-4-7(5-16(8,14)15)11(9)6-2-1-3-6/h6-9H,1-5H2,(H,12,13). The summed E-state index contributed by atoms with van der Waals surface area (Å²) >= 11 is 0. The van der Waals surface area contributed by atoms with Crippen molar-refractivity contribution in [1.29, 1.82) is 0 Å². The highest BCUT2D eigenvalue weighted by atomic mass is 32.2. The Balaban J connectivity index is 1.93. The van der Waals surface area contributed by atoms with Crippen molar-refractivity contribution in [2.75, 3.05) is 5.75 Å². The predicted molar refractivity (Wildman–Crippen MR) is 56.9 cm³/mol. The zero-order valence-electron chi connectivity index (χ0n) is 8.87. The quantitative estimate of drug-likeness (QED) is 0.733. The molecule has 0 amide bonds. The van der Waals surface area contributed by atoms with Crippen LogP contribution in [0.5, 0.6) is 0 Å². The van der Waals surface area contributed by atoms with E-state index in [1.54, 1.807) is 0 Å². The smallest absolute Gasteiger partial charge is 0.322 e. The normalized spacial score (nSPS) is 42.1. The van der Waals surface area contributed by atoms with Gasteiger partial charge in [-0.25, -0.2) is 8.42 Å². The maximum Gasteiger partial charge on any atom is 0.322 e. The van der Waals surface area contributed by atoms with Crippen molar-refractivity contribution >= 4 is 15.8 Å². The van der Waals surface area contributed by atoms with Crippen LogP contribution in [0.1, 0.15) is 25.7 Å². The Hall–Kier alpha value is -0.620. The fourth-order valence-corrected chi connectivity index (χ4v) is 5.58. The van der Waals surface area contributed by atoms with E-state index in [0.29, 0.717) is 12.5 Å². The Kier molecular flexibility index (Phi) is 2.10. The number of aliphatic carboxylic acids is 1. The second-order valence-corrected chi connectivity index (χ2v) is 7.34. The summed E-state index contributed by atoms with van der Waals surface area (Å²) in [5, 5.41) is 8.54. The van der Waals surface area contributed by atoms with Crippen molar-refractivity contribution in [3.63, 3.8) is 0 Å². The van der Waals surface area contributed by atoms with Gasteiger partial charge >= 0.3 is 5.97 Å². The topological polar surface area (TPSA) is 74.7 Å². The second-order valence-electron chi connectivity index (χ2n) is 5.07. The monoisotopic (exact) mass is 245 g/mol. The summed E-state index contributed by atoms with van der Waals surface area (Å²) in [5.41, 5.74) is 0. The van der Waals surface area contributed by atoms with Crippen LogP contribution in [0.4, 0.5) is 0 Å². The second kappa shape index (κ2) is 3.20. The van der Waals surface area contributed by atoms with Gasteiger partial charge in [-0.05, 0) is 19.3 Å². The lowest BCUT2D eigenvalue weighted by Gasteiger charge is -2.42. The fourth-order valence-electron chi connectivity index (χ4n) is 3.32. The summed E-state index contributed by atoms with van der Waals surface area (Å²) < 4.78 is 23.4. The molecule has 2 aliphatic heterocycles. The highest BCUT2D eigenvalue weighted by Crippen LogP contribution is 2.43. The minimum Gasteiger partial charge on any atom is -0.480 e. The zero-order valence-corrected chi connectivity index (χ0v) is 9.69. The Labute approximate surface area is 94.3 Å². The average molecular weight is 245 g/mol. The van der Waals surface area contributed by atoms with Crippen LogP contribution in [0.3, 0.4) is 0 Å². The van der Waals surface area contributed by atoms with Crippen LogP contribution >= 0.6 is 0 Å². The van der Waals surface area contributed by atoms with Gasteiger partial charge in [-0.15, -0.1) is 0 Å². The van der Waals surface area contributed by atoms with E-state index in [1.807, 2.05) is 4.90 Å². The number of rotatable bonds is 2. The summed E-state index contributed by atoms with van der Waals surface area (Å²) in [4.78, 5) is 13.2. The van der Waals surface area contributed by atoms with E-state index in [0.717, 1.165) is 19.3 Å². The van der Waals surface area contributed by atoms with Gasteiger partial charge in [0.1, 0.15) is 6.04 Å². The van der Waals surface area contributed by atoms with Crippen LogP contribution in [-0.4, -0.2) is 53.5 Å². The number of hydrogen-bond acceptors (Lipinski definition) is 4. The molecule has 3 aliphatic rings. The molecular weight excluding hydrogens is 230 g/mol. The minimum absolute atomic E-state index is 0.0404. The van der Waals surface area contributed by atoms with E-state index in [4.69, 9.17) is 0 Å². The SMILES string of the molecule is O=C(O)C1C2CC(CS2(=O)=O)N1C1CCC1. The molecule has 1 saturated carbocycles. The Morgan fingerprint density at radius 1 is 1.25 bits per heavy atom. The minimum atomic E-state index is -3.15. The third kappa shape index (κ3) is 1.26. The number of hydrogen-bond donors (Lipinski definition) is 1. The molecule has 1 N–H and O–H groups in total. The number of carboxylic acid groups (broad SMARTS) is 1. The molecule has 3 atom stereocenters. The van der Waals surface area contributed by atoms with Gasteiger partial charge < -0.3 is 5.11 Å². The summed E-state index contributed by atoms with van der Waals surface area (Å²) in [7, 11) is -3.15. The molecule has 5 nitrogen and oxygen atoms in total. The predicted octanol–water partition coefficient (Wildman–Crippen LogP) is -0.137. The van der Waals surface area contributed by atoms with E-state index >= 15 is 0 Å². The van der Waals surface area contributed by atoms with Gasteiger partial charge in [-0.1, -0.05) is 6.42 Å². The molecule has 0 radical (unpaired) electrons. The largest absolute Gasteiger partial charge is 0.480 e. The molecule has 3 fully saturated rings. The third-order valence-corrected chi connectivity index (χ3v) is 6.46. The lowest BCUT2D eigenvalue weighted by molar-refractivity contribution is -0.144. The fraction of sp³-hybridized carbons (Fsp3) is 0.900. The van der Waals surface area contributed by atoms with Crippen LogP contribution < -0.4 is 0 Å². The van der Waals surface area contributed by atoms with E-state index in [2.05, 4.69) is 0 Å². The van der Waals surface area contributed by atoms with E-state index in [-0.39, 0.29) is 11.8 Å². The molecule has 0 aromatic heterocycles. The summed E-state index contributed by atoms with van der Waals surface area (Å²) in [6.07, 6.45) is 3.70. The van der Waals surface area contributed by atoms with Gasteiger partial charge in [0, 0.05) is 12.1 Å². The van der Waals surface area contributed by atoms with Crippen molar-refractivity contribution in [2.24, 2.45) is 0 Å². The van der Waals surface area contributed by atoms with Gasteiger partial charge in [0.2, 0.25) is 0 Å². The Morgan fingerprint density at radius 3 is 2.44 bits per heavy atom. The van der Waals surface area contributed by atoms with Gasteiger partial charge in [0.25, 0.3) is 0 Å². The summed E-state index contributed by atoms with van der Waals surface area (Å²) in [6, 6.07) is -0.512. The van der Waals surface area contributed by atoms with Crippen molar-refractivity contribution in [2.45, 2.75) is 49.1 Å². The molecule has 0 spiro atoms. The molecule has 2 heterocycles. The molecule has 3 rings (SSSR count). The maximum absolute atomic E-state index is 11.7. The van der Waals surface area contributed by atoms with Gasteiger partial charge in [0.05, 0.1) is 11.0 Å². The van der Waals surface area contributed by atoms with Crippen LogP contribution in [0.25, 0.3) is 0 Å². The van der Waals surface area contributed by atoms with E-state index in [9.17, 15) is 18.3 Å². The number of nitrogens with zero attached hydrogens (tertiary/aromatic N) is 1. The maximum atomic E-state index is 11.7. The Morgan fingerprint density at radius 2 is 1.94 bits per heavy atom. The van der Waals surface area contributed by atoms with Gasteiger partial charge in [-0.2, -0.15) is 0 Å². The van der Waals surface area contributed by atoms with Crippen LogP contribution in [-0.2, 0) is 14.6 Å². The summed E-state index contributed by atoms with van der Waals surface area (Å²) in [6.45, 7) is 0. The molecule has 0 aromatic rings. The molecule has 16 heavy (non-hydrogen) atoms. The zero-order chi connectivity index (χ0) is 11.5. The van der Waals surface area contributed by atoms with Crippen molar-refractivity contribution in [3.05, 3.63) is 0 Å². The first-order chi connectivity index (χ1) is 7.50. The highest BCUT2D eigenvalue weighted by molar-refractivity contribution is 7.92. The number of sulfone groups is 1. The van der Waals surface area contributed by atoms with Gasteiger partial charge in [-0.3, -0.25) is 9.69 Å². The molecular formula is C10H15NO4S. The molecule has 2 saturated heterocycles. The van der Waals surface area contributed by atoms with Crippen molar-refractivity contribution in [3.8, 4) is 0 Å². The van der Waals surface area contributed by atoms with Crippen molar-refractivity contribution in [1.82, 2.24) is 4.90 Å². The third-order valence-electron chi connectivity index (χ3n) is 4.23. The van der Waals surface area contributed by atoms with Crippen molar-refractivity contribution < 1.29 is 18.3 Å². The molecule has 3 unspecified atom stereocenters. The van der Waals surface area contributed by atoms with Crippen LogP contribution in [0.15, 0.2) is 0 Å². The molecule has 6 heteroatoms. The van der Waals surface area contributed by atoms with Crippen LogP contribution in [0.2, 0.25) is 0 Å². The molecule has 0 aromatic carbocycles. The molecule has 1 aliphatic carbocycles. The first-order valence-electron chi connectivity index (χ1n) is 5.72. The summed E-state index contributed by atoms with van der Waals surface area (Å²) in [5.74, 6) is -0.805. The number of likely N-dealkylation sites (tertiary alicyclic amines) is 1. The van der Waals surface area contributed by atoms with E-state index in [1.165, 1.54) is 0 Å². The van der Waals surface area contributed by atoms with Crippen LogP contribution in [0, 0.1) is 0 Å². The number of carbonyl (C=O) groups is 1. The molecule has 2 bridgehead atoms. The first kappa shape index (κ1) is 10.5.